The molecule has 0 fully saturated rings. The molecule has 25 heavy (non-hydrogen) atoms. The maximum Gasteiger partial charge on any atom is 0.232 e. The summed E-state index contributed by atoms with van der Waals surface area (Å²) in [6.45, 7) is 2.36. The van der Waals surface area contributed by atoms with Crippen molar-refractivity contribution in [2.45, 2.75) is 24.0 Å². The zero-order valence-corrected chi connectivity index (χ0v) is 15.7. The first-order chi connectivity index (χ1) is 12.0. The second-order valence-corrected chi connectivity index (χ2v) is 7.55. The van der Waals surface area contributed by atoms with E-state index < -0.39 is 0 Å². The number of halogens is 1. The molecule has 2 rings (SSSR count). The van der Waals surface area contributed by atoms with Crippen LogP contribution in [0.25, 0.3) is 0 Å². The highest BCUT2D eigenvalue weighted by Gasteiger charge is 2.18. The van der Waals surface area contributed by atoms with Gasteiger partial charge in [-0.25, -0.2) is 4.39 Å². The van der Waals surface area contributed by atoms with Crippen molar-refractivity contribution in [3.8, 4) is 0 Å². The van der Waals surface area contributed by atoms with Crippen LogP contribution < -0.4 is 5.32 Å². The lowest BCUT2D eigenvalue weighted by Gasteiger charge is -2.25. The molecule has 3 nitrogen and oxygen atoms in total. The Hall–Kier alpha value is -1.85. The molecule has 2 aromatic rings. The second kappa shape index (κ2) is 9.59. The Morgan fingerprint density at radius 3 is 2.52 bits per heavy atom. The minimum atomic E-state index is -0.262. The van der Waals surface area contributed by atoms with Crippen molar-refractivity contribution in [1.29, 1.82) is 0 Å². The largest absolute Gasteiger partial charge is 0.353 e. The molecule has 0 aliphatic rings. The van der Waals surface area contributed by atoms with Crippen LogP contribution >= 0.6 is 11.8 Å². The minimum absolute atomic E-state index is 0.00387. The van der Waals surface area contributed by atoms with E-state index in [1.165, 1.54) is 17.7 Å². The van der Waals surface area contributed by atoms with Gasteiger partial charge in [0.1, 0.15) is 5.82 Å². The van der Waals surface area contributed by atoms with Gasteiger partial charge < -0.3 is 10.2 Å². The van der Waals surface area contributed by atoms with Gasteiger partial charge in [-0.3, -0.25) is 4.79 Å². The third kappa shape index (κ3) is 6.18. The Kier molecular flexibility index (Phi) is 7.47. The third-order valence-electron chi connectivity index (χ3n) is 4.04. The monoisotopic (exact) mass is 360 g/mol. The SMILES string of the molecule is CC(SCc1ccccc1)C(=O)NCC(c1cccc(F)c1)N(C)C. The lowest BCUT2D eigenvalue weighted by molar-refractivity contribution is -0.120. The number of carbonyl (C=O) groups excluding carboxylic acids is 1. The smallest absolute Gasteiger partial charge is 0.232 e. The molecule has 0 saturated carbocycles. The average molecular weight is 360 g/mol. The van der Waals surface area contributed by atoms with E-state index in [9.17, 15) is 9.18 Å². The Labute approximate surface area is 153 Å². The van der Waals surface area contributed by atoms with Crippen LogP contribution in [0.4, 0.5) is 4.39 Å². The van der Waals surface area contributed by atoms with E-state index in [0.717, 1.165) is 11.3 Å². The van der Waals surface area contributed by atoms with E-state index >= 15 is 0 Å². The predicted octanol–water partition coefficient (Wildman–Crippen LogP) is 3.87. The number of nitrogens with one attached hydrogen (secondary N) is 1. The predicted molar refractivity (Wildman–Crippen MR) is 103 cm³/mol. The summed E-state index contributed by atoms with van der Waals surface area (Å²) in [6, 6.07) is 16.6. The zero-order chi connectivity index (χ0) is 18.2. The van der Waals surface area contributed by atoms with Gasteiger partial charge in [0.15, 0.2) is 0 Å². The maximum atomic E-state index is 13.5. The van der Waals surface area contributed by atoms with Gasteiger partial charge in [-0.2, -0.15) is 0 Å². The molecule has 0 aliphatic heterocycles. The molecule has 1 amide bonds. The number of likely N-dealkylation sites (N-methyl/N-ethyl adjacent to an activating group) is 1. The molecule has 0 saturated heterocycles. The number of carbonyl (C=O) groups is 1. The summed E-state index contributed by atoms with van der Waals surface area (Å²) in [7, 11) is 3.85. The summed E-state index contributed by atoms with van der Waals surface area (Å²) >= 11 is 1.61. The number of amides is 1. The minimum Gasteiger partial charge on any atom is -0.353 e. The number of hydrogen-bond acceptors (Lipinski definition) is 3. The van der Waals surface area contributed by atoms with Crippen molar-refractivity contribution in [1.82, 2.24) is 10.2 Å². The van der Waals surface area contributed by atoms with Gasteiger partial charge in [-0.1, -0.05) is 42.5 Å². The Balaban J connectivity index is 1.87. The first kappa shape index (κ1) is 19.5. The summed E-state index contributed by atoms with van der Waals surface area (Å²) in [5, 5.41) is 2.85. The van der Waals surface area contributed by atoms with Crippen LogP contribution in [0, 0.1) is 5.82 Å². The molecule has 0 spiro atoms. The molecule has 2 unspecified atom stereocenters. The van der Waals surface area contributed by atoms with Crippen LogP contribution in [0.15, 0.2) is 54.6 Å². The van der Waals surface area contributed by atoms with Gasteiger partial charge in [0, 0.05) is 12.3 Å². The van der Waals surface area contributed by atoms with Crippen molar-refractivity contribution >= 4 is 17.7 Å². The van der Waals surface area contributed by atoms with Gasteiger partial charge >= 0.3 is 0 Å². The number of thioether (sulfide) groups is 1. The molecule has 0 aromatic heterocycles. The number of rotatable bonds is 8. The summed E-state index contributed by atoms with van der Waals surface area (Å²) in [6.07, 6.45) is 0. The standard InChI is InChI=1S/C20H25FN2OS/c1-15(25-14-16-8-5-4-6-9-16)20(24)22-13-19(23(2)3)17-10-7-11-18(21)12-17/h4-12,15,19H,13-14H2,1-3H3,(H,22,24). The van der Waals surface area contributed by atoms with Crippen molar-refractivity contribution in [2.24, 2.45) is 0 Å². The molecule has 1 N–H and O–H groups in total. The highest BCUT2D eigenvalue weighted by atomic mass is 32.2. The van der Waals surface area contributed by atoms with Crippen LogP contribution in [-0.4, -0.2) is 36.7 Å². The van der Waals surface area contributed by atoms with Crippen molar-refractivity contribution in [3.05, 3.63) is 71.5 Å². The summed E-state index contributed by atoms with van der Waals surface area (Å²) in [4.78, 5) is 14.3. The quantitative estimate of drug-likeness (QED) is 0.776. The van der Waals surface area contributed by atoms with Crippen LogP contribution in [0.2, 0.25) is 0 Å². The van der Waals surface area contributed by atoms with Crippen LogP contribution in [-0.2, 0) is 10.5 Å². The number of nitrogens with zero attached hydrogens (tertiary/aromatic N) is 1. The Morgan fingerprint density at radius 1 is 1.16 bits per heavy atom. The molecular weight excluding hydrogens is 335 g/mol. The highest BCUT2D eigenvalue weighted by Crippen LogP contribution is 2.20. The summed E-state index contributed by atoms with van der Waals surface area (Å²) in [5.74, 6) is 0.544. The molecule has 2 aromatic carbocycles. The van der Waals surface area contributed by atoms with Crippen molar-refractivity contribution < 1.29 is 9.18 Å². The van der Waals surface area contributed by atoms with Gasteiger partial charge in [0.05, 0.1) is 11.3 Å². The Bertz CT molecular complexity index is 678. The molecule has 2 atom stereocenters. The van der Waals surface area contributed by atoms with E-state index in [1.807, 2.05) is 50.2 Å². The van der Waals surface area contributed by atoms with Crippen LogP contribution in [0.3, 0.4) is 0 Å². The first-order valence-corrected chi connectivity index (χ1v) is 9.37. The first-order valence-electron chi connectivity index (χ1n) is 8.32. The number of hydrogen-bond donors (Lipinski definition) is 1. The topological polar surface area (TPSA) is 32.3 Å². The lowest BCUT2D eigenvalue weighted by Crippen LogP contribution is -2.38. The normalized spacial score (nSPS) is 13.5. The van der Waals surface area contributed by atoms with E-state index in [-0.39, 0.29) is 23.0 Å². The molecular formula is C20H25FN2OS. The van der Waals surface area contributed by atoms with Crippen LogP contribution in [0.5, 0.6) is 0 Å². The zero-order valence-electron chi connectivity index (χ0n) is 14.9. The van der Waals surface area contributed by atoms with Crippen LogP contribution in [0.1, 0.15) is 24.1 Å². The van der Waals surface area contributed by atoms with Crippen molar-refractivity contribution in [3.63, 3.8) is 0 Å². The average Bonchev–Trinajstić information content (AvgIpc) is 2.60. The van der Waals surface area contributed by atoms with Gasteiger partial charge in [0.25, 0.3) is 0 Å². The number of benzene rings is 2. The highest BCUT2D eigenvalue weighted by molar-refractivity contribution is 7.99. The molecule has 0 radical (unpaired) electrons. The third-order valence-corrected chi connectivity index (χ3v) is 5.25. The summed E-state index contributed by atoms with van der Waals surface area (Å²) in [5.41, 5.74) is 2.06. The fourth-order valence-electron chi connectivity index (χ4n) is 2.52. The molecule has 0 aliphatic carbocycles. The lowest BCUT2D eigenvalue weighted by atomic mass is 10.1. The molecule has 0 bridgehead atoms. The maximum absolute atomic E-state index is 13.5. The van der Waals surface area contributed by atoms with Crippen molar-refractivity contribution in [2.75, 3.05) is 20.6 Å². The van der Waals surface area contributed by atoms with E-state index in [0.29, 0.717) is 6.54 Å². The van der Waals surface area contributed by atoms with Gasteiger partial charge in [0.2, 0.25) is 5.91 Å². The second-order valence-electron chi connectivity index (χ2n) is 6.22. The fraction of sp³-hybridized carbons (Fsp3) is 0.350. The molecule has 0 heterocycles. The molecule has 5 heteroatoms. The van der Waals surface area contributed by atoms with Gasteiger partial charge in [-0.15, -0.1) is 11.8 Å². The van der Waals surface area contributed by atoms with Gasteiger partial charge in [-0.05, 0) is 44.3 Å². The summed E-state index contributed by atoms with van der Waals surface area (Å²) < 4.78 is 13.5. The van der Waals surface area contributed by atoms with E-state index in [2.05, 4.69) is 17.4 Å². The Morgan fingerprint density at radius 2 is 1.88 bits per heavy atom. The molecule has 134 valence electrons. The van der Waals surface area contributed by atoms with E-state index in [1.54, 1.807) is 17.8 Å². The fourth-order valence-corrected chi connectivity index (χ4v) is 3.39. The van der Waals surface area contributed by atoms with E-state index in [4.69, 9.17) is 0 Å².